The number of carbonyl (C=O) groups is 1. The first kappa shape index (κ1) is 14.2. The molecule has 0 spiro atoms. The van der Waals surface area contributed by atoms with Crippen LogP contribution in [0.3, 0.4) is 0 Å². The molecule has 5 nitrogen and oxygen atoms in total. The van der Waals surface area contributed by atoms with Gasteiger partial charge in [-0.3, -0.25) is 4.79 Å². The fraction of sp³-hybridized carbons (Fsp3) is 0.545. The largest absolute Gasteiger partial charge is 0.394 e. The zero-order valence-electron chi connectivity index (χ0n) is 9.94. The molecule has 0 saturated carbocycles. The van der Waals surface area contributed by atoms with Gasteiger partial charge in [-0.25, -0.2) is 0 Å². The van der Waals surface area contributed by atoms with Crippen molar-refractivity contribution in [2.24, 2.45) is 0 Å². The SMILES string of the molecule is CCn1cc(Br)cc1C(=O)NC(CO)COC. The summed E-state index contributed by atoms with van der Waals surface area (Å²) < 4.78 is 7.59. The van der Waals surface area contributed by atoms with Crippen LogP contribution in [0.2, 0.25) is 0 Å². The maximum Gasteiger partial charge on any atom is 0.268 e. The Hall–Kier alpha value is -0.850. The number of ether oxygens (including phenoxy) is 1. The third-order valence-electron chi connectivity index (χ3n) is 2.36. The molecule has 1 aromatic rings. The van der Waals surface area contributed by atoms with Crippen molar-refractivity contribution < 1.29 is 14.6 Å². The quantitative estimate of drug-likeness (QED) is 0.824. The highest BCUT2D eigenvalue weighted by atomic mass is 79.9. The number of aliphatic hydroxyl groups excluding tert-OH is 1. The topological polar surface area (TPSA) is 63.5 Å². The Morgan fingerprint density at radius 3 is 2.94 bits per heavy atom. The van der Waals surface area contributed by atoms with Gasteiger partial charge in [0.05, 0.1) is 19.3 Å². The molecule has 0 radical (unpaired) electrons. The van der Waals surface area contributed by atoms with E-state index in [1.165, 1.54) is 7.11 Å². The third-order valence-corrected chi connectivity index (χ3v) is 2.79. The number of aryl methyl sites for hydroxylation is 1. The number of hydrogen-bond acceptors (Lipinski definition) is 3. The molecule has 1 aromatic heterocycles. The van der Waals surface area contributed by atoms with Crippen LogP contribution >= 0.6 is 15.9 Å². The van der Waals surface area contributed by atoms with Crippen LogP contribution in [0.25, 0.3) is 0 Å². The van der Waals surface area contributed by atoms with E-state index in [2.05, 4.69) is 21.2 Å². The van der Waals surface area contributed by atoms with Crippen LogP contribution in [0, 0.1) is 0 Å². The Labute approximate surface area is 109 Å². The fourth-order valence-electron chi connectivity index (χ4n) is 1.53. The van der Waals surface area contributed by atoms with E-state index in [1.807, 2.05) is 17.7 Å². The molecule has 1 heterocycles. The van der Waals surface area contributed by atoms with Gasteiger partial charge >= 0.3 is 0 Å². The van der Waals surface area contributed by atoms with Gasteiger partial charge in [-0.1, -0.05) is 0 Å². The van der Waals surface area contributed by atoms with Gasteiger partial charge in [0.2, 0.25) is 0 Å². The summed E-state index contributed by atoms with van der Waals surface area (Å²) in [5, 5.41) is 11.8. The minimum Gasteiger partial charge on any atom is -0.394 e. The molecule has 1 atom stereocenters. The molecular weight excluding hydrogens is 288 g/mol. The average molecular weight is 305 g/mol. The smallest absolute Gasteiger partial charge is 0.268 e. The summed E-state index contributed by atoms with van der Waals surface area (Å²) in [5.41, 5.74) is 0.564. The van der Waals surface area contributed by atoms with E-state index in [4.69, 9.17) is 9.84 Å². The summed E-state index contributed by atoms with van der Waals surface area (Å²) in [6.07, 6.45) is 1.85. The number of nitrogens with zero attached hydrogens (tertiary/aromatic N) is 1. The molecule has 2 N–H and O–H groups in total. The molecule has 0 bridgehead atoms. The molecule has 96 valence electrons. The molecule has 0 fully saturated rings. The number of rotatable bonds is 6. The van der Waals surface area contributed by atoms with Gasteiger partial charge in [0.25, 0.3) is 5.91 Å². The summed E-state index contributed by atoms with van der Waals surface area (Å²) in [4.78, 5) is 12.0. The zero-order valence-corrected chi connectivity index (χ0v) is 11.5. The second-order valence-corrected chi connectivity index (χ2v) is 4.55. The normalized spacial score (nSPS) is 12.5. The second-order valence-electron chi connectivity index (χ2n) is 3.64. The van der Waals surface area contributed by atoms with Gasteiger partial charge in [0.15, 0.2) is 0 Å². The Bertz CT molecular complexity index is 379. The lowest BCUT2D eigenvalue weighted by molar-refractivity contribution is 0.0831. The number of halogens is 1. The monoisotopic (exact) mass is 304 g/mol. The predicted molar refractivity (Wildman–Crippen MR) is 68.0 cm³/mol. The number of aliphatic hydroxyl groups is 1. The molecular formula is C11H17BrN2O3. The number of nitrogens with one attached hydrogen (secondary N) is 1. The summed E-state index contributed by atoms with van der Waals surface area (Å²) in [7, 11) is 1.53. The lowest BCUT2D eigenvalue weighted by Crippen LogP contribution is -2.41. The number of methoxy groups -OCH3 is 1. The van der Waals surface area contributed by atoms with Gasteiger partial charge in [0, 0.05) is 24.3 Å². The molecule has 0 aromatic carbocycles. The lowest BCUT2D eigenvalue weighted by Gasteiger charge is -2.15. The molecule has 6 heteroatoms. The van der Waals surface area contributed by atoms with Crippen LogP contribution in [0.5, 0.6) is 0 Å². The van der Waals surface area contributed by atoms with E-state index >= 15 is 0 Å². The third kappa shape index (κ3) is 3.83. The van der Waals surface area contributed by atoms with Crippen LogP contribution in [0.15, 0.2) is 16.7 Å². The Kier molecular flexibility index (Phi) is 5.67. The van der Waals surface area contributed by atoms with Crippen molar-refractivity contribution in [3.63, 3.8) is 0 Å². The standard InChI is InChI=1S/C11H17BrN2O3/c1-3-14-5-8(12)4-10(14)11(16)13-9(6-15)7-17-2/h4-5,9,15H,3,6-7H2,1-2H3,(H,13,16). The molecule has 0 aliphatic carbocycles. The maximum atomic E-state index is 12.0. The van der Waals surface area contributed by atoms with Crippen LogP contribution in [-0.4, -0.2) is 41.9 Å². The van der Waals surface area contributed by atoms with Crippen LogP contribution in [0.4, 0.5) is 0 Å². The van der Waals surface area contributed by atoms with E-state index in [1.54, 1.807) is 6.07 Å². The van der Waals surface area contributed by atoms with Gasteiger partial charge in [-0.15, -0.1) is 0 Å². The Balaban J connectivity index is 2.74. The number of carbonyl (C=O) groups excluding carboxylic acids is 1. The minimum absolute atomic E-state index is 0.145. The summed E-state index contributed by atoms with van der Waals surface area (Å²) in [5.74, 6) is -0.214. The van der Waals surface area contributed by atoms with Crippen molar-refractivity contribution in [1.82, 2.24) is 9.88 Å². The highest BCUT2D eigenvalue weighted by Gasteiger charge is 2.16. The van der Waals surface area contributed by atoms with Crippen molar-refractivity contribution in [1.29, 1.82) is 0 Å². The fourth-order valence-corrected chi connectivity index (χ4v) is 1.99. The van der Waals surface area contributed by atoms with Crippen molar-refractivity contribution >= 4 is 21.8 Å². The number of amides is 1. The zero-order chi connectivity index (χ0) is 12.8. The number of aromatic nitrogens is 1. The molecule has 1 unspecified atom stereocenters. The van der Waals surface area contributed by atoms with Crippen molar-refractivity contribution in [2.75, 3.05) is 20.3 Å². The van der Waals surface area contributed by atoms with E-state index in [0.29, 0.717) is 12.2 Å². The number of hydrogen-bond donors (Lipinski definition) is 2. The average Bonchev–Trinajstić information content (AvgIpc) is 2.69. The Morgan fingerprint density at radius 1 is 1.71 bits per heavy atom. The highest BCUT2D eigenvalue weighted by Crippen LogP contribution is 2.15. The molecule has 0 aliphatic heterocycles. The first-order valence-electron chi connectivity index (χ1n) is 5.38. The Morgan fingerprint density at radius 2 is 2.41 bits per heavy atom. The van der Waals surface area contributed by atoms with Crippen molar-refractivity contribution in [2.45, 2.75) is 19.5 Å². The van der Waals surface area contributed by atoms with Crippen molar-refractivity contribution in [3.05, 3.63) is 22.4 Å². The summed E-state index contributed by atoms with van der Waals surface area (Å²) >= 11 is 3.33. The van der Waals surface area contributed by atoms with Crippen molar-refractivity contribution in [3.8, 4) is 0 Å². The van der Waals surface area contributed by atoms with Gasteiger partial charge in [-0.2, -0.15) is 0 Å². The lowest BCUT2D eigenvalue weighted by atomic mass is 10.3. The highest BCUT2D eigenvalue weighted by molar-refractivity contribution is 9.10. The summed E-state index contributed by atoms with van der Waals surface area (Å²) in [6.45, 7) is 2.81. The minimum atomic E-state index is -0.383. The molecule has 1 amide bonds. The molecule has 17 heavy (non-hydrogen) atoms. The van der Waals surface area contributed by atoms with E-state index in [9.17, 15) is 4.79 Å². The van der Waals surface area contributed by atoms with Gasteiger partial charge in [0.1, 0.15) is 5.69 Å². The second kappa shape index (κ2) is 6.78. The van der Waals surface area contributed by atoms with Crippen LogP contribution < -0.4 is 5.32 Å². The first-order valence-corrected chi connectivity index (χ1v) is 6.18. The molecule has 0 saturated heterocycles. The predicted octanol–water partition coefficient (Wildman–Crippen LogP) is 1.01. The van der Waals surface area contributed by atoms with E-state index < -0.39 is 0 Å². The first-order chi connectivity index (χ1) is 8.12. The molecule has 0 aliphatic rings. The van der Waals surface area contributed by atoms with Gasteiger partial charge < -0.3 is 19.7 Å². The summed E-state index contributed by atoms with van der Waals surface area (Å²) in [6, 6.07) is 1.37. The molecule has 1 rings (SSSR count). The van der Waals surface area contributed by atoms with Crippen LogP contribution in [-0.2, 0) is 11.3 Å². The van der Waals surface area contributed by atoms with E-state index in [-0.39, 0.29) is 25.2 Å². The van der Waals surface area contributed by atoms with E-state index in [0.717, 1.165) is 4.47 Å². The van der Waals surface area contributed by atoms with Gasteiger partial charge in [-0.05, 0) is 28.9 Å². The maximum absolute atomic E-state index is 12.0. The van der Waals surface area contributed by atoms with Crippen LogP contribution in [0.1, 0.15) is 17.4 Å².